The minimum absolute atomic E-state index is 0.994. The number of hydrogen-bond donors (Lipinski definition) is 0. The Hall–Kier alpha value is -2.87. The molecule has 0 saturated carbocycles. The highest BCUT2D eigenvalue weighted by molar-refractivity contribution is 6.16. The van der Waals surface area contributed by atoms with Gasteiger partial charge in [-0.15, -0.1) is 0 Å². The molecule has 0 atom stereocenters. The molecule has 98 valence electrons. The van der Waals surface area contributed by atoms with Crippen molar-refractivity contribution < 1.29 is 0 Å². The van der Waals surface area contributed by atoms with Crippen molar-refractivity contribution >= 4 is 38.2 Å². The van der Waals surface area contributed by atoms with Crippen molar-refractivity contribution in [2.75, 3.05) is 0 Å². The third kappa shape index (κ3) is 1.39. The average Bonchev–Trinajstić information content (AvgIpc) is 2.93. The number of benzene rings is 3. The molecule has 0 fully saturated rings. The Morgan fingerprint density at radius 3 is 2.52 bits per heavy atom. The predicted molar refractivity (Wildman–Crippen MR) is 87.7 cm³/mol. The van der Waals surface area contributed by atoms with Gasteiger partial charge in [0.25, 0.3) is 0 Å². The summed E-state index contributed by atoms with van der Waals surface area (Å²) in [6.07, 6.45) is 2.07. The second kappa shape index (κ2) is 3.83. The Kier molecular flexibility index (Phi) is 1.98. The number of fused-ring (bicyclic) bond motifs is 7. The Labute approximate surface area is 121 Å². The van der Waals surface area contributed by atoms with Gasteiger partial charge in [0.1, 0.15) is 5.65 Å². The zero-order valence-corrected chi connectivity index (χ0v) is 11.3. The van der Waals surface area contributed by atoms with Crippen LogP contribution in [0, 0.1) is 0 Å². The first-order chi connectivity index (χ1) is 10.4. The summed E-state index contributed by atoms with van der Waals surface area (Å²) in [5.41, 5.74) is 3.23. The lowest BCUT2D eigenvalue weighted by atomic mass is 10.0. The van der Waals surface area contributed by atoms with E-state index in [0.29, 0.717) is 0 Å². The van der Waals surface area contributed by atoms with Gasteiger partial charge in [-0.1, -0.05) is 48.5 Å². The number of nitrogens with zero attached hydrogens (tertiary/aromatic N) is 2. The fourth-order valence-corrected chi connectivity index (χ4v) is 3.22. The van der Waals surface area contributed by atoms with E-state index in [-0.39, 0.29) is 0 Å². The van der Waals surface area contributed by atoms with Crippen LogP contribution in [-0.2, 0) is 0 Å². The molecule has 0 spiro atoms. The van der Waals surface area contributed by atoms with Crippen LogP contribution < -0.4 is 0 Å². The minimum atomic E-state index is 0.994. The molecule has 0 bridgehead atoms. The van der Waals surface area contributed by atoms with Crippen molar-refractivity contribution in [3.63, 3.8) is 0 Å². The van der Waals surface area contributed by atoms with E-state index < -0.39 is 0 Å². The van der Waals surface area contributed by atoms with Crippen LogP contribution in [0.1, 0.15) is 0 Å². The average molecular weight is 268 g/mol. The first-order valence-corrected chi connectivity index (χ1v) is 7.09. The summed E-state index contributed by atoms with van der Waals surface area (Å²) >= 11 is 0. The summed E-state index contributed by atoms with van der Waals surface area (Å²) in [6, 6.07) is 23.4. The molecule has 0 N–H and O–H groups in total. The van der Waals surface area contributed by atoms with E-state index >= 15 is 0 Å². The molecule has 2 aromatic heterocycles. The molecule has 0 aliphatic rings. The SMILES string of the molecule is c1ccc2c(c1)ccc1c2ccc2c1nc1ccccn12. The van der Waals surface area contributed by atoms with Gasteiger partial charge in [0.2, 0.25) is 0 Å². The van der Waals surface area contributed by atoms with Crippen LogP contribution in [0.15, 0.2) is 72.9 Å². The lowest BCUT2D eigenvalue weighted by Crippen LogP contribution is -1.82. The quantitative estimate of drug-likeness (QED) is 0.369. The van der Waals surface area contributed by atoms with Gasteiger partial charge in [0.15, 0.2) is 0 Å². The van der Waals surface area contributed by atoms with E-state index in [9.17, 15) is 0 Å². The number of hydrogen-bond acceptors (Lipinski definition) is 1. The number of imidazole rings is 1. The molecule has 21 heavy (non-hydrogen) atoms. The zero-order chi connectivity index (χ0) is 13.8. The second-order valence-corrected chi connectivity index (χ2v) is 5.36. The van der Waals surface area contributed by atoms with Crippen LogP contribution in [0.5, 0.6) is 0 Å². The van der Waals surface area contributed by atoms with Crippen LogP contribution in [0.4, 0.5) is 0 Å². The molecule has 0 aliphatic carbocycles. The topological polar surface area (TPSA) is 17.3 Å². The van der Waals surface area contributed by atoms with Crippen LogP contribution >= 0.6 is 0 Å². The van der Waals surface area contributed by atoms with E-state index in [4.69, 9.17) is 4.98 Å². The molecular weight excluding hydrogens is 256 g/mol. The smallest absolute Gasteiger partial charge is 0.137 e. The predicted octanol–water partition coefficient (Wildman–Crippen LogP) is 4.79. The third-order valence-corrected chi connectivity index (χ3v) is 4.20. The molecule has 2 nitrogen and oxygen atoms in total. The summed E-state index contributed by atoms with van der Waals surface area (Å²) in [5.74, 6) is 0. The lowest BCUT2D eigenvalue weighted by molar-refractivity contribution is 1.23. The summed E-state index contributed by atoms with van der Waals surface area (Å²) < 4.78 is 2.14. The highest BCUT2D eigenvalue weighted by Gasteiger charge is 2.09. The molecule has 0 saturated heterocycles. The number of aromatic nitrogens is 2. The van der Waals surface area contributed by atoms with E-state index in [2.05, 4.69) is 59.1 Å². The van der Waals surface area contributed by atoms with Gasteiger partial charge in [0.05, 0.1) is 11.0 Å². The van der Waals surface area contributed by atoms with Crippen molar-refractivity contribution in [2.24, 2.45) is 0 Å². The first kappa shape index (κ1) is 10.9. The van der Waals surface area contributed by atoms with Gasteiger partial charge in [0, 0.05) is 11.6 Å². The fraction of sp³-hybridized carbons (Fsp3) is 0. The molecule has 0 aliphatic heterocycles. The van der Waals surface area contributed by atoms with E-state index in [1.165, 1.54) is 21.5 Å². The molecule has 5 rings (SSSR count). The summed E-state index contributed by atoms with van der Waals surface area (Å²) in [7, 11) is 0. The van der Waals surface area contributed by atoms with Gasteiger partial charge in [-0.3, -0.25) is 4.40 Å². The highest BCUT2D eigenvalue weighted by atomic mass is 15.0. The van der Waals surface area contributed by atoms with Crippen LogP contribution in [0.2, 0.25) is 0 Å². The van der Waals surface area contributed by atoms with Crippen LogP contribution in [-0.4, -0.2) is 9.38 Å². The molecule has 0 radical (unpaired) electrons. The van der Waals surface area contributed by atoms with Crippen molar-refractivity contribution in [3.8, 4) is 0 Å². The van der Waals surface area contributed by atoms with Gasteiger partial charge in [-0.05, 0) is 34.4 Å². The number of pyridine rings is 1. The third-order valence-electron chi connectivity index (χ3n) is 4.20. The van der Waals surface area contributed by atoms with Crippen molar-refractivity contribution in [1.82, 2.24) is 9.38 Å². The summed E-state index contributed by atoms with van der Waals surface area (Å²) in [6.45, 7) is 0. The zero-order valence-electron chi connectivity index (χ0n) is 11.3. The molecule has 3 aromatic carbocycles. The largest absolute Gasteiger partial charge is 0.300 e. The summed E-state index contributed by atoms with van der Waals surface area (Å²) in [5, 5.41) is 5.04. The highest BCUT2D eigenvalue weighted by Crippen LogP contribution is 2.31. The molecule has 0 unspecified atom stereocenters. The van der Waals surface area contributed by atoms with Crippen LogP contribution in [0.25, 0.3) is 38.2 Å². The Morgan fingerprint density at radius 2 is 1.52 bits per heavy atom. The minimum Gasteiger partial charge on any atom is -0.300 e. The van der Waals surface area contributed by atoms with E-state index in [1.807, 2.05) is 18.2 Å². The van der Waals surface area contributed by atoms with Crippen molar-refractivity contribution in [2.45, 2.75) is 0 Å². The normalized spacial score (nSPS) is 11.8. The maximum absolute atomic E-state index is 4.81. The van der Waals surface area contributed by atoms with Gasteiger partial charge >= 0.3 is 0 Å². The molecule has 5 aromatic rings. The maximum Gasteiger partial charge on any atom is 0.137 e. The molecular formula is C19H12N2. The maximum atomic E-state index is 4.81. The molecule has 2 heteroatoms. The standard InChI is InChI=1S/C19H12N2/c1-2-6-14-13(5-1)8-9-16-15(14)10-11-17-19(16)20-18-7-3-4-12-21(17)18/h1-12H. The molecule has 2 heterocycles. The number of rotatable bonds is 0. The van der Waals surface area contributed by atoms with Crippen LogP contribution in [0.3, 0.4) is 0 Å². The van der Waals surface area contributed by atoms with Gasteiger partial charge < -0.3 is 0 Å². The monoisotopic (exact) mass is 268 g/mol. The van der Waals surface area contributed by atoms with Gasteiger partial charge in [-0.2, -0.15) is 0 Å². The summed E-state index contributed by atoms with van der Waals surface area (Å²) in [4.78, 5) is 4.81. The fourth-order valence-electron chi connectivity index (χ4n) is 3.22. The van der Waals surface area contributed by atoms with E-state index in [1.54, 1.807) is 0 Å². The van der Waals surface area contributed by atoms with E-state index in [0.717, 1.165) is 16.7 Å². The lowest BCUT2D eigenvalue weighted by Gasteiger charge is -2.04. The second-order valence-electron chi connectivity index (χ2n) is 5.36. The first-order valence-electron chi connectivity index (χ1n) is 7.09. The van der Waals surface area contributed by atoms with Gasteiger partial charge in [-0.25, -0.2) is 4.98 Å². The Morgan fingerprint density at radius 1 is 0.667 bits per heavy atom. The Balaban J connectivity index is 2.07. The van der Waals surface area contributed by atoms with Crippen molar-refractivity contribution in [1.29, 1.82) is 0 Å². The van der Waals surface area contributed by atoms with Crippen molar-refractivity contribution in [3.05, 3.63) is 72.9 Å². The Bertz CT molecular complexity index is 1140. The molecule has 0 amide bonds.